The molecule has 1 amide bonds. The van der Waals surface area contributed by atoms with Gasteiger partial charge in [0.1, 0.15) is 5.65 Å². The molecule has 0 saturated heterocycles. The highest BCUT2D eigenvalue weighted by atomic mass is 19.4. The minimum atomic E-state index is -4.39. The van der Waals surface area contributed by atoms with Crippen LogP contribution in [0, 0.1) is 6.92 Å². The Hall–Kier alpha value is -3.61. The van der Waals surface area contributed by atoms with Crippen molar-refractivity contribution in [2.24, 2.45) is 0 Å². The van der Waals surface area contributed by atoms with E-state index < -0.39 is 11.7 Å². The number of amides is 1. The molecule has 7 heteroatoms. The van der Waals surface area contributed by atoms with Crippen molar-refractivity contribution in [1.82, 2.24) is 9.38 Å². The second-order valence-corrected chi connectivity index (χ2v) is 7.04. The van der Waals surface area contributed by atoms with Gasteiger partial charge in [-0.1, -0.05) is 30.3 Å². The van der Waals surface area contributed by atoms with Crippen LogP contribution in [-0.2, 0) is 17.4 Å². The minimum absolute atomic E-state index is 0.0177. The smallest absolute Gasteiger partial charge is 0.326 e. The number of pyridine rings is 1. The number of nitrogens with one attached hydrogen (secondary N) is 1. The average Bonchev–Trinajstić information content (AvgIpc) is 3.13. The predicted octanol–water partition coefficient (Wildman–Crippen LogP) is 5.51. The summed E-state index contributed by atoms with van der Waals surface area (Å²) in [6, 6.07) is 16.0. The first-order valence-corrected chi connectivity index (χ1v) is 9.30. The number of rotatable bonds is 4. The summed E-state index contributed by atoms with van der Waals surface area (Å²) >= 11 is 0. The van der Waals surface area contributed by atoms with Gasteiger partial charge in [0.05, 0.1) is 17.7 Å². The molecular formula is C23H18F3N3O. The summed E-state index contributed by atoms with van der Waals surface area (Å²) in [5.41, 5.74) is 3.75. The number of carbonyl (C=O) groups is 1. The molecule has 2 aromatic carbocycles. The van der Waals surface area contributed by atoms with Crippen LogP contribution in [0.2, 0.25) is 0 Å². The Morgan fingerprint density at radius 1 is 1.07 bits per heavy atom. The van der Waals surface area contributed by atoms with Crippen LogP contribution in [0.25, 0.3) is 16.9 Å². The first-order chi connectivity index (χ1) is 14.3. The van der Waals surface area contributed by atoms with Crippen LogP contribution < -0.4 is 5.32 Å². The van der Waals surface area contributed by atoms with E-state index in [2.05, 4.69) is 10.3 Å². The van der Waals surface area contributed by atoms with Crippen molar-refractivity contribution in [2.75, 3.05) is 5.32 Å². The van der Waals surface area contributed by atoms with Crippen molar-refractivity contribution < 1.29 is 18.0 Å². The third-order valence-corrected chi connectivity index (χ3v) is 4.82. The van der Waals surface area contributed by atoms with Gasteiger partial charge in [0.25, 0.3) is 0 Å². The molecular weight excluding hydrogens is 391 g/mol. The molecule has 0 unspecified atom stereocenters. The van der Waals surface area contributed by atoms with Gasteiger partial charge in [0.2, 0.25) is 5.91 Å². The zero-order valence-corrected chi connectivity index (χ0v) is 16.1. The molecule has 0 aliphatic heterocycles. The van der Waals surface area contributed by atoms with Gasteiger partial charge >= 0.3 is 6.18 Å². The predicted molar refractivity (Wildman–Crippen MR) is 109 cm³/mol. The fraction of sp³-hybridized carbons (Fsp3) is 0.130. The summed E-state index contributed by atoms with van der Waals surface area (Å²) in [6.07, 6.45) is -0.590. The molecule has 4 aromatic rings. The molecule has 0 bridgehead atoms. The quantitative estimate of drug-likeness (QED) is 0.483. The number of alkyl halides is 3. The molecule has 152 valence electrons. The van der Waals surface area contributed by atoms with Gasteiger partial charge in [-0.2, -0.15) is 13.2 Å². The lowest BCUT2D eigenvalue weighted by Gasteiger charge is -2.11. The number of aromatic nitrogens is 2. The van der Waals surface area contributed by atoms with Crippen LogP contribution in [0.5, 0.6) is 0 Å². The lowest BCUT2D eigenvalue weighted by molar-refractivity contribution is -0.137. The Morgan fingerprint density at radius 3 is 2.53 bits per heavy atom. The Labute approximate surface area is 171 Å². The van der Waals surface area contributed by atoms with Gasteiger partial charge in [-0.3, -0.25) is 4.79 Å². The summed E-state index contributed by atoms with van der Waals surface area (Å²) in [5.74, 6) is -0.301. The van der Waals surface area contributed by atoms with E-state index in [1.165, 1.54) is 12.1 Å². The highest BCUT2D eigenvalue weighted by Crippen LogP contribution is 2.29. The van der Waals surface area contributed by atoms with Gasteiger partial charge in [0.15, 0.2) is 0 Å². The number of imidazole rings is 1. The van der Waals surface area contributed by atoms with Crippen molar-refractivity contribution in [2.45, 2.75) is 19.5 Å². The fourth-order valence-electron chi connectivity index (χ4n) is 3.18. The Balaban J connectivity index is 1.51. The summed E-state index contributed by atoms with van der Waals surface area (Å²) in [6.45, 7) is 1.88. The van der Waals surface area contributed by atoms with E-state index in [4.69, 9.17) is 0 Å². The van der Waals surface area contributed by atoms with E-state index in [0.717, 1.165) is 34.6 Å². The van der Waals surface area contributed by atoms with Gasteiger partial charge in [-0.15, -0.1) is 0 Å². The molecule has 0 aliphatic carbocycles. The molecule has 0 radical (unpaired) electrons. The van der Waals surface area contributed by atoms with Gasteiger partial charge < -0.3 is 9.72 Å². The topological polar surface area (TPSA) is 46.4 Å². The van der Waals surface area contributed by atoms with Gasteiger partial charge in [-0.25, -0.2) is 4.98 Å². The van der Waals surface area contributed by atoms with E-state index in [-0.39, 0.29) is 12.3 Å². The second kappa shape index (κ2) is 7.67. The van der Waals surface area contributed by atoms with Crippen molar-refractivity contribution in [3.8, 4) is 11.3 Å². The van der Waals surface area contributed by atoms with Gasteiger partial charge in [0, 0.05) is 23.6 Å². The van der Waals surface area contributed by atoms with E-state index in [1.807, 2.05) is 60.1 Å². The normalized spacial score (nSPS) is 11.6. The number of hydrogen-bond acceptors (Lipinski definition) is 2. The number of carbonyl (C=O) groups excluding carboxylic acids is 1. The highest BCUT2D eigenvalue weighted by molar-refractivity contribution is 5.93. The molecule has 4 nitrogen and oxygen atoms in total. The zero-order chi connectivity index (χ0) is 21.3. The molecule has 0 saturated carbocycles. The monoisotopic (exact) mass is 409 g/mol. The maximum absolute atomic E-state index is 12.7. The summed E-state index contributed by atoms with van der Waals surface area (Å²) in [4.78, 5) is 17.0. The van der Waals surface area contributed by atoms with Crippen LogP contribution in [-0.4, -0.2) is 15.3 Å². The number of hydrogen-bond donors (Lipinski definition) is 1. The highest BCUT2D eigenvalue weighted by Gasteiger charge is 2.29. The van der Waals surface area contributed by atoms with Crippen LogP contribution in [0.3, 0.4) is 0 Å². The van der Waals surface area contributed by atoms with Crippen LogP contribution >= 0.6 is 0 Å². The largest absolute Gasteiger partial charge is 0.416 e. The molecule has 2 aromatic heterocycles. The van der Waals surface area contributed by atoms with Crippen LogP contribution in [0.4, 0.5) is 18.9 Å². The SMILES string of the molecule is Cc1ccc(-c2cn3ccccc3n2)cc1NC(=O)Cc1ccc(C(F)(F)F)cc1. The molecule has 0 fully saturated rings. The van der Waals surface area contributed by atoms with E-state index in [0.29, 0.717) is 11.3 Å². The lowest BCUT2D eigenvalue weighted by Crippen LogP contribution is -2.15. The molecule has 0 atom stereocenters. The molecule has 0 spiro atoms. The summed E-state index contributed by atoms with van der Waals surface area (Å²) in [7, 11) is 0. The average molecular weight is 409 g/mol. The van der Waals surface area contributed by atoms with E-state index in [1.54, 1.807) is 0 Å². The number of fused-ring (bicyclic) bond motifs is 1. The molecule has 2 heterocycles. The number of aryl methyl sites for hydroxylation is 1. The maximum atomic E-state index is 12.7. The zero-order valence-electron chi connectivity index (χ0n) is 16.1. The van der Waals surface area contributed by atoms with Crippen molar-refractivity contribution in [3.05, 3.63) is 89.7 Å². The standard InChI is InChI=1S/C23H18F3N3O/c1-15-5-8-17(20-14-29-11-3-2-4-21(29)27-20)13-19(15)28-22(30)12-16-6-9-18(10-7-16)23(24,25)26/h2-11,13-14H,12H2,1H3,(H,28,30). The molecule has 0 aliphatic rings. The third kappa shape index (κ3) is 4.20. The summed E-state index contributed by atoms with van der Waals surface area (Å²) < 4.78 is 39.9. The molecule has 1 N–H and O–H groups in total. The van der Waals surface area contributed by atoms with Crippen molar-refractivity contribution in [1.29, 1.82) is 0 Å². The van der Waals surface area contributed by atoms with Crippen LogP contribution in [0.1, 0.15) is 16.7 Å². The van der Waals surface area contributed by atoms with Gasteiger partial charge in [-0.05, 0) is 48.4 Å². The lowest BCUT2D eigenvalue weighted by atomic mass is 10.1. The van der Waals surface area contributed by atoms with Crippen molar-refractivity contribution in [3.63, 3.8) is 0 Å². The first-order valence-electron chi connectivity index (χ1n) is 9.30. The third-order valence-electron chi connectivity index (χ3n) is 4.82. The van der Waals surface area contributed by atoms with Crippen LogP contribution in [0.15, 0.2) is 73.1 Å². The van der Waals surface area contributed by atoms with E-state index >= 15 is 0 Å². The Bertz CT molecular complexity index is 1180. The number of nitrogens with zero attached hydrogens (tertiary/aromatic N) is 2. The Kier molecular flexibility index (Phi) is 5.03. The second-order valence-electron chi connectivity index (χ2n) is 7.04. The fourth-order valence-corrected chi connectivity index (χ4v) is 3.18. The molecule has 4 rings (SSSR count). The van der Waals surface area contributed by atoms with E-state index in [9.17, 15) is 18.0 Å². The number of halogens is 3. The summed E-state index contributed by atoms with van der Waals surface area (Å²) in [5, 5.41) is 2.85. The van der Waals surface area contributed by atoms with Crippen molar-refractivity contribution >= 4 is 17.2 Å². The Morgan fingerprint density at radius 2 is 1.83 bits per heavy atom. The molecule has 30 heavy (non-hydrogen) atoms. The number of anilines is 1. The minimum Gasteiger partial charge on any atom is -0.326 e. The maximum Gasteiger partial charge on any atom is 0.416 e. The number of benzene rings is 2. The first kappa shape index (κ1) is 19.7.